The quantitative estimate of drug-likeness (QED) is 0.716. The molecule has 0 radical (unpaired) electrons. The number of aromatic nitrogens is 3. The first-order valence-corrected chi connectivity index (χ1v) is 10.4. The molecule has 1 aliphatic heterocycles. The summed E-state index contributed by atoms with van der Waals surface area (Å²) >= 11 is 1.76. The SMILES string of the molecule is O=C(NCc1nc2ncccc2o1)C1CCc2sc(N3CCOCC3)nc2C1. The molecule has 0 saturated carbocycles. The van der Waals surface area contributed by atoms with Gasteiger partial charge in [-0.05, 0) is 25.0 Å². The standard InChI is InChI=1S/C19H21N5O3S/c25-18(21-11-16-23-17-14(27-16)2-1-5-20-17)12-3-4-15-13(10-12)22-19(28-15)24-6-8-26-9-7-24/h1-2,5,12H,3-4,6-11H2,(H,21,25). The molecule has 1 amide bonds. The summed E-state index contributed by atoms with van der Waals surface area (Å²) in [7, 11) is 0. The molecule has 1 fully saturated rings. The fraction of sp³-hybridized carbons (Fsp3) is 0.474. The van der Waals surface area contributed by atoms with E-state index in [1.54, 1.807) is 23.6 Å². The highest BCUT2D eigenvalue weighted by Crippen LogP contribution is 2.34. The lowest BCUT2D eigenvalue weighted by molar-refractivity contribution is -0.125. The van der Waals surface area contributed by atoms with Crippen LogP contribution in [0.5, 0.6) is 0 Å². The number of aryl methyl sites for hydroxylation is 1. The van der Waals surface area contributed by atoms with Crippen LogP contribution >= 0.6 is 11.3 Å². The van der Waals surface area contributed by atoms with Gasteiger partial charge in [-0.15, -0.1) is 11.3 Å². The molecule has 2 aliphatic rings. The third-order valence-electron chi connectivity index (χ3n) is 5.20. The van der Waals surface area contributed by atoms with Crippen molar-refractivity contribution in [2.75, 3.05) is 31.2 Å². The summed E-state index contributed by atoms with van der Waals surface area (Å²) in [5.74, 6) is 0.443. The van der Waals surface area contributed by atoms with Gasteiger partial charge in [0.2, 0.25) is 11.8 Å². The smallest absolute Gasteiger partial charge is 0.223 e. The molecule has 8 nitrogen and oxygen atoms in total. The summed E-state index contributed by atoms with van der Waals surface area (Å²) in [5.41, 5.74) is 2.27. The van der Waals surface area contributed by atoms with E-state index in [1.807, 2.05) is 6.07 Å². The number of rotatable bonds is 4. The number of hydrogen-bond donors (Lipinski definition) is 1. The van der Waals surface area contributed by atoms with E-state index in [2.05, 4.69) is 20.2 Å². The van der Waals surface area contributed by atoms with E-state index in [0.29, 0.717) is 23.5 Å². The van der Waals surface area contributed by atoms with Gasteiger partial charge >= 0.3 is 0 Å². The molecule has 1 N–H and O–H groups in total. The number of amides is 1. The highest BCUT2D eigenvalue weighted by molar-refractivity contribution is 7.15. The molecule has 0 aromatic carbocycles. The number of hydrogen-bond acceptors (Lipinski definition) is 8. The molecule has 3 aromatic rings. The third kappa shape index (κ3) is 3.47. The van der Waals surface area contributed by atoms with E-state index in [4.69, 9.17) is 14.1 Å². The fourth-order valence-electron chi connectivity index (χ4n) is 3.68. The van der Waals surface area contributed by atoms with Crippen LogP contribution in [-0.2, 0) is 28.9 Å². The third-order valence-corrected chi connectivity index (χ3v) is 6.42. The average molecular weight is 399 g/mol. The minimum atomic E-state index is -0.0605. The molecule has 0 spiro atoms. The molecule has 1 aliphatic carbocycles. The molecule has 0 bridgehead atoms. The zero-order valence-electron chi connectivity index (χ0n) is 15.4. The van der Waals surface area contributed by atoms with Crippen LogP contribution in [-0.4, -0.2) is 47.2 Å². The Morgan fingerprint density at radius 2 is 2.21 bits per heavy atom. The van der Waals surface area contributed by atoms with Crippen molar-refractivity contribution in [3.63, 3.8) is 0 Å². The monoisotopic (exact) mass is 399 g/mol. The second kappa shape index (κ2) is 7.48. The maximum absolute atomic E-state index is 12.7. The van der Waals surface area contributed by atoms with E-state index < -0.39 is 0 Å². The number of thiazole rings is 1. The van der Waals surface area contributed by atoms with Crippen LogP contribution in [0.15, 0.2) is 22.7 Å². The van der Waals surface area contributed by atoms with Crippen LogP contribution in [0, 0.1) is 5.92 Å². The summed E-state index contributed by atoms with van der Waals surface area (Å²) < 4.78 is 11.0. The van der Waals surface area contributed by atoms with Gasteiger partial charge < -0.3 is 19.4 Å². The van der Waals surface area contributed by atoms with Crippen LogP contribution in [0.2, 0.25) is 0 Å². The Balaban J connectivity index is 1.21. The number of carbonyl (C=O) groups excluding carboxylic acids is 1. The molecule has 3 aromatic heterocycles. The van der Waals surface area contributed by atoms with Crippen molar-refractivity contribution in [1.82, 2.24) is 20.3 Å². The number of nitrogens with one attached hydrogen (secondary N) is 1. The summed E-state index contributed by atoms with van der Waals surface area (Å²) in [6.07, 6.45) is 4.11. The largest absolute Gasteiger partial charge is 0.437 e. The van der Waals surface area contributed by atoms with Crippen molar-refractivity contribution in [3.8, 4) is 0 Å². The molecule has 146 valence electrons. The molecule has 9 heteroatoms. The molecule has 28 heavy (non-hydrogen) atoms. The molecule has 4 heterocycles. The molecule has 1 unspecified atom stereocenters. The maximum atomic E-state index is 12.7. The van der Waals surface area contributed by atoms with Crippen molar-refractivity contribution in [3.05, 3.63) is 34.8 Å². The first kappa shape index (κ1) is 17.6. The van der Waals surface area contributed by atoms with Gasteiger partial charge in [-0.3, -0.25) is 4.79 Å². The number of nitrogens with zero attached hydrogens (tertiary/aromatic N) is 4. The second-order valence-corrected chi connectivity index (χ2v) is 8.12. The second-order valence-electron chi connectivity index (χ2n) is 7.06. The number of ether oxygens (including phenoxy) is 1. The van der Waals surface area contributed by atoms with Gasteiger partial charge in [-0.2, -0.15) is 4.98 Å². The zero-order chi connectivity index (χ0) is 18.9. The van der Waals surface area contributed by atoms with E-state index >= 15 is 0 Å². The molecular weight excluding hydrogens is 378 g/mol. The van der Waals surface area contributed by atoms with Crippen LogP contribution in [0.25, 0.3) is 11.2 Å². The van der Waals surface area contributed by atoms with Crippen LogP contribution < -0.4 is 10.2 Å². The van der Waals surface area contributed by atoms with Gasteiger partial charge in [0.1, 0.15) is 0 Å². The number of carbonyl (C=O) groups is 1. The Morgan fingerprint density at radius 3 is 3.07 bits per heavy atom. The van der Waals surface area contributed by atoms with Gasteiger partial charge in [0, 0.05) is 36.5 Å². The summed E-state index contributed by atoms with van der Waals surface area (Å²) in [6, 6.07) is 3.62. The lowest BCUT2D eigenvalue weighted by Gasteiger charge is -2.26. The van der Waals surface area contributed by atoms with E-state index in [-0.39, 0.29) is 18.4 Å². The number of morpholine rings is 1. The van der Waals surface area contributed by atoms with Crippen molar-refractivity contribution < 1.29 is 13.9 Å². The first-order valence-electron chi connectivity index (χ1n) is 9.55. The van der Waals surface area contributed by atoms with Crippen molar-refractivity contribution in [2.45, 2.75) is 25.8 Å². The first-order chi connectivity index (χ1) is 13.8. The topological polar surface area (TPSA) is 93.4 Å². The number of fused-ring (bicyclic) bond motifs is 2. The van der Waals surface area contributed by atoms with Gasteiger partial charge in [0.05, 0.1) is 25.5 Å². The molecule has 5 rings (SSSR count). The van der Waals surface area contributed by atoms with E-state index in [9.17, 15) is 4.79 Å². The molecular formula is C19H21N5O3S. The van der Waals surface area contributed by atoms with Gasteiger partial charge in [-0.25, -0.2) is 9.97 Å². The summed E-state index contributed by atoms with van der Waals surface area (Å²) in [4.78, 5) is 29.5. The van der Waals surface area contributed by atoms with Crippen LogP contribution in [0.4, 0.5) is 5.13 Å². The lowest BCUT2D eigenvalue weighted by Crippen LogP contribution is -2.36. The highest BCUT2D eigenvalue weighted by Gasteiger charge is 2.29. The van der Waals surface area contributed by atoms with E-state index in [0.717, 1.165) is 50.0 Å². The summed E-state index contributed by atoms with van der Waals surface area (Å²) in [6.45, 7) is 3.54. The van der Waals surface area contributed by atoms with Crippen molar-refractivity contribution >= 4 is 33.6 Å². The summed E-state index contributed by atoms with van der Waals surface area (Å²) in [5, 5.41) is 4.02. The maximum Gasteiger partial charge on any atom is 0.223 e. The van der Waals surface area contributed by atoms with Crippen molar-refractivity contribution in [1.29, 1.82) is 0 Å². The number of oxazole rings is 1. The Bertz CT molecular complexity index is 962. The Morgan fingerprint density at radius 1 is 1.32 bits per heavy atom. The predicted molar refractivity (Wildman–Crippen MR) is 104 cm³/mol. The Hall–Kier alpha value is -2.52. The molecule has 1 atom stereocenters. The number of pyridine rings is 1. The lowest BCUT2D eigenvalue weighted by atomic mass is 9.90. The Kier molecular flexibility index (Phi) is 4.69. The predicted octanol–water partition coefficient (Wildman–Crippen LogP) is 1.94. The van der Waals surface area contributed by atoms with Gasteiger partial charge in [0.15, 0.2) is 16.4 Å². The minimum Gasteiger partial charge on any atom is -0.437 e. The van der Waals surface area contributed by atoms with Gasteiger partial charge in [0.25, 0.3) is 0 Å². The Labute approximate surface area is 165 Å². The van der Waals surface area contributed by atoms with Gasteiger partial charge in [-0.1, -0.05) is 0 Å². The van der Waals surface area contributed by atoms with Crippen LogP contribution in [0.3, 0.4) is 0 Å². The average Bonchev–Trinajstić information content (AvgIpc) is 3.35. The number of anilines is 1. The highest BCUT2D eigenvalue weighted by atomic mass is 32.1. The van der Waals surface area contributed by atoms with E-state index in [1.165, 1.54) is 4.88 Å². The fourth-order valence-corrected chi connectivity index (χ4v) is 4.83. The molecule has 1 saturated heterocycles. The normalized spacial score (nSPS) is 19.6. The minimum absolute atomic E-state index is 0.0294. The van der Waals surface area contributed by atoms with Crippen molar-refractivity contribution in [2.24, 2.45) is 5.92 Å². The van der Waals surface area contributed by atoms with Crippen LogP contribution in [0.1, 0.15) is 22.9 Å². The zero-order valence-corrected chi connectivity index (χ0v) is 16.2.